The van der Waals surface area contributed by atoms with Gasteiger partial charge in [0.2, 0.25) is 0 Å². The lowest BCUT2D eigenvalue weighted by molar-refractivity contribution is 0.327. The van der Waals surface area contributed by atoms with E-state index in [9.17, 15) is 4.39 Å². The maximum Gasteiger partial charge on any atom is 0.169 e. The molecule has 100 valence electrons. The minimum Gasteiger partial charge on any atom is -0.493 e. The van der Waals surface area contributed by atoms with Crippen LogP contribution in [0.4, 0.5) is 4.39 Å². The molecule has 0 saturated carbocycles. The number of halogens is 1. The third-order valence-corrected chi connectivity index (χ3v) is 3.22. The van der Waals surface area contributed by atoms with Crippen LogP contribution in [-0.4, -0.2) is 27.9 Å². The summed E-state index contributed by atoms with van der Waals surface area (Å²) in [4.78, 5) is 0. The molecule has 1 atom stereocenters. The summed E-state index contributed by atoms with van der Waals surface area (Å²) in [6.45, 7) is 0.913. The Kier molecular flexibility index (Phi) is 3.91. The van der Waals surface area contributed by atoms with Crippen molar-refractivity contribution in [3.63, 3.8) is 0 Å². The van der Waals surface area contributed by atoms with E-state index in [4.69, 9.17) is 14.2 Å². The molecule has 1 heterocycles. The van der Waals surface area contributed by atoms with Crippen LogP contribution in [0, 0.1) is 5.82 Å². The number of benzene rings is 1. The van der Waals surface area contributed by atoms with E-state index in [1.165, 1.54) is 20.3 Å². The first-order valence-corrected chi connectivity index (χ1v) is 5.94. The Morgan fingerprint density at radius 2 is 1.89 bits per heavy atom. The molecule has 1 unspecified atom stereocenters. The first-order valence-electron chi connectivity index (χ1n) is 5.94. The Labute approximate surface area is 106 Å². The lowest BCUT2D eigenvalue weighted by Crippen LogP contribution is -2.16. The molecule has 1 aliphatic rings. The van der Waals surface area contributed by atoms with Gasteiger partial charge in [-0.25, -0.2) is 4.39 Å². The van der Waals surface area contributed by atoms with Crippen molar-refractivity contribution in [1.29, 1.82) is 0 Å². The summed E-state index contributed by atoms with van der Waals surface area (Å²) >= 11 is 0. The number of methoxy groups -OCH3 is 3. The zero-order chi connectivity index (χ0) is 13.1. The van der Waals surface area contributed by atoms with Gasteiger partial charge in [0, 0.05) is 12.1 Å². The average molecular weight is 255 g/mol. The maximum atomic E-state index is 14.0. The van der Waals surface area contributed by atoms with E-state index in [0.717, 1.165) is 19.4 Å². The Bertz CT molecular complexity index is 431. The predicted octanol–water partition coefficient (Wildman–Crippen LogP) is 2.28. The van der Waals surface area contributed by atoms with Crippen molar-refractivity contribution in [2.24, 2.45) is 0 Å². The van der Waals surface area contributed by atoms with Crippen LogP contribution >= 0.6 is 0 Å². The van der Waals surface area contributed by atoms with Gasteiger partial charge in [-0.3, -0.25) is 0 Å². The molecule has 0 aliphatic carbocycles. The highest BCUT2D eigenvalue weighted by molar-refractivity contribution is 5.56. The second-order valence-corrected chi connectivity index (χ2v) is 4.19. The lowest BCUT2D eigenvalue weighted by Gasteiger charge is -2.21. The van der Waals surface area contributed by atoms with E-state index >= 15 is 0 Å². The van der Waals surface area contributed by atoms with Crippen LogP contribution in [-0.2, 0) is 0 Å². The molecule has 0 aromatic heterocycles. The second kappa shape index (κ2) is 5.44. The molecule has 1 saturated heterocycles. The van der Waals surface area contributed by atoms with Gasteiger partial charge in [0.15, 0.2) is 23.1 Å². The quantitative estimate of drug-likeness (QED) is 0.896. The number of hydrogen-bond acceptors (Lipinski definition) is 4. The third kappa shape index (κ3) is 2.10. The van der Waals surface area contributed by atoms with E-state index in [-0.39, 0.29) is 11.8 Å². The zero-order valence-corrected chi connectivity index (χ0v) is 10.9. The molecule has 18 heavy (non-hydrogen) atoms. The molecule has 1 fully saturated rings. The summed E-state index contributed by atoms with van der Waals surface area (Å²) in [5.74, 6) is 0.723. The monoisotopic (exact) mass is 255 g/mol. The van der Waals surface area contributed by atoms with Gasteiger partial charge >= 0.3 is 0 Å². The zero-order valence-electron chi connectivity index (χ0n) is 10.9. The number of ether oxygens (including phenoxy) is 3. The number of rotatable bonds is 4. The van der Waals surface area contributed by atoms with Gasteiger partial charge in [-0.1, -0.05) is 0 Å². The van der Waals surface area contributed by atoms with Crippen molar-refractivity contribution in [2.75, 3.05) is 27.9 Å². The normalized spacial score (nSPS) is 18.8. The minimum absolute atomic E-state index is 0.0412. The first kappa shape index (κ1) is 13.0. The Balaban J connectivity index is 2.59. The van der Waals surface area contributed by atoms with Gasteiger partial charge in [0.1, 0.15) is 0 Å². The maximum absolute atomic E-state index is 14.0. The van der Waals surface area contributed by atoms with Crippen molar-refractivity contribution >= 4 is 0 Å². The van der Waals surface area contributed by atoms with Crippen LogP contribution in [0.2, 0.25) is 0 Å². The van der Waals surface area contributed by atoms with Gasteiger partial charge in [-0.2, -0.15) is 0 Å². The molecule has 2 rings (SSSR count). The molecule has 1 aliphatic heterocycles. The molecule has 0 radical (unpaired) electrons. The van der Waals surface area contributed by atoms with Crippen LogP contribution in [0.15, 0.2) is 6.07 Å². The predicted molar refractivity (Wildman–Crippen MR) is 66.0 cm³/mol. The van der Waals surface area contributed by atoms with Crippen LogP contribution in [0.5, 0.6) is 17.2 Å². The van der Waals surface area contributed by atoms with Crippen LogP contribution in [0.25, 0.3) is 0 Å². The second-order valence-electron chi connectivity index (χ2n) is 4.19. The summed E-state index contributed by atoms with van der Waals surface area (Å²) < 4.78 is 29.7. The van der Waals surface area contributed by atoms with Gasteiger partial charge in [-0.15, -0.1) is 0 Å². The van der Waals surface area contributed by atoms with E-state index in [0.29, 0.717) is 17.1 Å². The Hall–Kier alpha value is -1.49. The average Bonchev–Trinajstić information content (AvgIpc) is 2.90. The fraction of sp³-hybridized carbons (Fsp3) is 0.538. The van der Waals surface area contributed by atoms with Gasteiger partial charge < -0.3 is 19.5 Å². The summed E-state index contributed by atoms with van der Waals surface area (Å²) in [6.07, 6.45) is 1.98. The summed E-state index contributed by atoms with van der Waals surface area (Å²) in [6, 6.07) is 1.33. The Morgan fingerprint density at radius 3 is 2.39 bits per heavy atom. The summed E-state index contributed by atoms with van der Waals surface area (Å²) in [7, 11) is 4.51. The summed E-state index contributed by atoms with van der Waals surface area (Å²) in [5.41, 5.74) is 0.703. The van der Waals surface area contributed by atoms with Crippen molar-refractivity contribution < 1.29 is 18.6 Å². The van der Waals surface area contributed by atoms with E-state index in [1.54, 1.807) is 7.11 Å². The molecule has 0 amide bonds. The first-order chi connectivity index (χ1) is 8.72. The highest BCUT2D eigenvalue weighted by Crippen LogP contribution is 2.45. The van der Waals surface area contributed by atoms with Crippen LogP contribution in [0.3, 0.4) is 0 Å². The highest BCUT2D eigenvalue weighted by Gasteiger charge is 2.29. The number of nitrogens with one attached hydrogen (secondary N) is 1. The molecule has 0 bridgehead atoms. The largest absolute Gasteiger partial charge is 0.493 e. The van der Waals surface area contributed by atoms with E-state index in [1.807, 2.05) is 0 Å². The number of hydrogen-bond donors (Lipinski definition) is 1. The molecule has 4 nitrogen and oxygen atoms in total. The Morgan fingerprint density at radius 1 is 1.17 bits per heavy atom. The summed E-state index contributed by atoms with van der Waals surface area (Å²) in [5, 5.41) is 3.32. The molecular formula is C13H18FNO3. The van der Waals surface area contributed by atoms with Crippen molar-refractivity contribution in [2.45, 2.75) is 18.9 Å². The SMILES string of the molecule is COc1cc(F)c(OC)c(C2CCCN2)c1OC. The fourth-order valence-corrected chi connectivity index (χ4v) is 2.43. The molecule has 5 heteroatoms. The fourth-order valence-electron chi connectivity index (χ4n) is 2.43. The van der Waals surface area contributed by atoms with Crippen molar-refractivity contribution in [1.82, 2.24) is 5.32 Å². The minimum atomic E-state index is -0.432. The standard InChI is InChI=1S/C13H18FNO3/c1-16-10-7-8(14)12(17-2)11(13(10)18-3)9-5-4-6-15-9/h7,9,15H,4-6H2,1-3H3. The van der Waals surface area contributed by atoms with Gasteiger partial charge in [0.25, 0.3) is 0 Å². The van der Waals surface area contributed by atoms with E-state index in [2.05, 4.69) is 5.32 Å². The molecule has 1 aromatic carbocycles. The molecule has 1 aromatic rings. The van der Waals surface area contributed by atoms with Crippen LogP contribution in [0.1, 0.15) is 24.4 Å². The third-order valence-electron chi connectivity index (χ3n) is 3.22. The van der Waals surface area contributed by atoms with Crippen LogP contribution < -0.4 is 19.5 Å². The highest BCUT2D eigenvalue weighted by atomic mass is 19.1. The van der Waals surface area contributed by atoms with E-state index < -0.39 is 5.82 Å². The molecule has 1 N–H and O–H groups in total. The molecular weight excluding hydrogens is 237 g/mol. The smallest absolute Gasteiger partial charge is 0.169 e. The molecule has 0 spiro atoms. The van der Waals surface area contributed by atoms with Crippen molar-refractivity contribution in [3.8, 4) is 17.2 Å². The lowest BCUT2D eigenvalue weighted by atomic mass is 10.0. The van der Waals surface area contributed by atoms with Gasteiger partial charge in [0.05, 0.1) is 26.9 Å². The van der Waals surface area contributed by atoms with Crippen molar-refractivity contribution in [3.05, 3.63) is 17.4 Å². The van der Waals surface area contributed by atoms with Gasteiger partial charge in [-0.05, 0) is 19.4 Å². The topological polar surface area (TPSA) is 39.7 Å².